The van der Waals surface area contributed by atoms with Gasteiger partial charge >= 0.3 is 6.09 Å². The normalized spacial score (nSPS) is 25.8. The van der Waals surface area contributed by atoms with Gasteiger partial charge in [-0.05, 0) is 124 Å². The van der Waals surface area contributed by atoms with Gasteiger partial charge in [0.1, 0.15) is 12.0 Å². The molecule has 7 rings (SSSR count). The fourth-order valence-electron chi connectivity index (χ4n) is 9.95. The van der Waals surface area contributed by atoms with E-state index in [1.807, 2.05) is 12.1 Å². The summed E-state index contributed by atoms with van der Waals surface area (Å²) in [6.07, 6.45) is 6.37. The van der Waals surface area contributed by atoms with Crippen molar-refractivity contribution in [2.75, 3.05) is 77.5 Å². The van der Waals surface area contributed by atoms with Gasteiger partial charge in [-0.15, -0.1) is 0 Å². The van der Waals surface area contributed by atoms with Crippen molar-refractivity contribution in [1.29, 1.82) is 5.26 Å². The summed E-state index contributed by atoms with van der Waals surface area (Å²) in [5, 5.41) is 12.9. The molecule has 1 aliphatic carbocycles. The first kappa shape index (κ1) is 35.2. The molecular formula is C40H54F2N6O2. The zero-order valence-corrected chi connectivity index (χ0v) is 29.7. The Labute approximate surface area is 296 Å². The molecule has 270 valence electrons. The van der Waals surface area contributed by atoms with Crippen molar-refractivity contribution in [1.82, 2.24) is 20.0 Å². The summed E-state index contributed by atoms with van der Waals surface area (Å²) in [5.74, 6) is 1.01. The van der Waals surface area contributed by atoms with Crippen LogP contribution in [0.25, 0.3) is 0 Å². The quantitative estimate of drug-likeness (QED) is 0.313. The molecule has 1 amide bonds. The molecule has 0 radical (unpaired) electrons. The number of methoxy groups -OCH3 is 1. The van der Waals surface area contributed by atoms with Crippen LogP contribution in [0.2, 0.25) is 0 Å². The van der Waals surface area contributed by atoms with Crippen molar-refractivity contribution in [3.05, 3.63) is 65.0 Å². The summed E-state index contributed by atoms with van der Waals surface area (Å²) in [4.78, 5) is 22.4. The van der Waals surface area contributed by atoms with E-state index in [4.69, 9.17) is 4.74 Å². The molecule has 3 atom stereocenters. The van der Waals surface area contributed by atoms with Gasteiger partial charge in [0.15, 0.2) is 0 Å². The van der Waals surface area contributed by atoms with Gasteiger partial charge in [0.2, 0.25) is 0 Å². The van der Waals surface area contributed by atoms with E-state index in [0.717, 1.165) is 109 Å². The summed E-state index contributed by atoms with van der Waals surface area (Å²) in [6, 6.07) is 15.9. The molecule has 1 N–H and O–H groups in total. The molecule has 0 bridgehead atoms. The van der Waals surface area contributed by atoms with Gasteiger partial charge in [0.25, 0.3) is 0 Å². The number of likely N-dealkylation sites (tertiary alicyclic amines) is 3. The Hall–Kier alpha value is -3.26. The summed E-state index contributed by atoms with van der Waals surface area (Å²) >= 11 is 0. The number of carbonyl (C=O) groups is 1. The number of rotatable bonds is 11. The Morgan fingerprint density at radius 3 is 2.38 bits per heavy atom. The first-order valence-electron chi connectivity index (χ1n) is 19.0. The fraction of sp³-hybridized carbons (Fsp3) is 0.650. The maximum absolute atomic E-state index is 15.0. The number of hydrogen-bond acceptors (Lipinski definition) is 7. The number of nitrogens with one attached hydrogen (secondary N) is 1. The summed E-state index contributed by atoms with van der Waals surface area (Å²) in [6.45, 7) is 10.4. The van der Waals surface area contributed by atoms with Crippen molar-refractivity contribution < 1.29 is 18.3 Å². The number of hydrogen-bond donors (Lipinski definition) is 1. The van der Waals surface area contributed by atoms with Gasteiger partial charge in [0.05, 0.1) is 18.7 Å². The minimum atomic E-state index is -0.701. The Morgan fingerprint density at radius 1 is 0.940 bits per heavy atom. The highest BCUT2D eigenvalue weighted by atomic mass is 19.1. The standard InChI is InChI=1S/C40H54F2N6O2/c1-50-39(49)44-38-8-3-7-37(38)40(28-47-15-4-16-47,33-5-2-6-35(42)22-33)32-11-17-45(18-12-32)24-29-25-48(26-29)36-10-9-30(23-43)31(21-36)27-46-19-13-34(41)14-20-46/h2,5-6,9-10,21-22,29,32,34,37-38H,3-4,7-8,11-20,24-28H2,1H3,(H,44,49)/t37-,38-,40?/m0/s1. The van der Waals surface area contributed by atoms with E-state index in [1.54, 1.807) is 12.1 Å². The van der Waals surface area contributed by atoms with Crippen LogP contribution in [0.3, 0.4) is 0 Å². The Bertz CT molecular complexity index is 1510. The topological polar surface area (TPSA) is 75.1 Å². The molecule has 4 saturated heterocycles. The number of ether oxygens (including phenoxy) is 1. The van der Waals surface area contributed by atoms with Gasteiger partial charge in [-0.2, -0.15) is 5.26 Å². The lowest BCUT2D eigenvalue weighted by Crippen LogP contribution is -2.60. The largest absolute Gasteiger partial charge is 0.453 e. The van der Waals surface area contributed by atoms with Gasteiger partial charge in [-0.1, -0.05) is 18.6 Å². The van der Waals surface area contributed by atoms with E-state index in [0.29, 0.717) is 36.8 Å². The monoisotopic (exact) mass is 688 g/mol. The summed E-state index contributed by atoms with van der Waals surface area (Å²) < 4.78 is 33.7. The van der Waals surface area contributed by atoms with Gasteiger partial charge in [-0.3, -0.25) is 4.90 Å². The van der Waals surface area contributed by atoms with Crippen LogP contribution in [0.5, 0.6) is 0 Å². The van der Waals surface area contributed by atoms with Gasteiger partial charge < -0.3 is 24.8 Å². The molecule has 1 unspecified atom stereocenters. The van der Waals surface area contributed by atoms with Crippen LogP contribution in [0.1, 0.15) is 68.1 Å². The predicted octanol–water partition coefficient (Wildman–Crippen LogP) is 5.95. The average molecular weight is 689 g/mol. The van der Waals surface area contributed by atoms with E-state index in [-0.39, 0.29) is 29.3 Å². The number of nitriles is 1. The van der Waals surface area contributed by atoms with E-state index >= 15 is 0 Å². The molecular weight excluding hydrogens is 634 g/mol. The van der Waals surface area contributed by atoms with Crippen molar-refractivity contribution >= 4 is 11.8 Å². The highest BCUT2D eigenvalue weighted by molar-refractivity contribution is 5.67. The summed E-state index contributed by atoms with van der Waals surface area (Å²) in [7, 11) is 1.43. The van der Waals surface area contributed by atoms with Crippen LogP contribution in [0, 0.1) is 34.9 Å². The number of piperidine rings is 2. The molecule has 50 heavy (non-hydrogen) atoms. The van der Waals surface area contributed by atoms with E-state index in [2.05, 4.69) is 49.2 Å². The highest BCUT2D eigenvalue weighted by Gasteiger charge is 2.53. The molecule has 2 aromatic carbocycles. The van der Waals surface area contributed by atoms with Gasteiger partial charge in [-0.25, -0.2) is 13.6 Å². The van der Waals surface area contributed by atoms with Crippen LogP contribution in [-0.2, 0) is 16.7 Å². The van der Waals surface area contributed by atoms with Crippen molar-refractivity contribution in [3.8, 4) is 6.07 Å². The second-order valence-corrected chi connectivity index (χ2v) is 15.7. The van der Waals surface area contributed by atoms with Gasteiger partial charge in [0, 0.05) is 68.9 Å². The number of benzene rings is 2. The first-order valence-corrected chi connectivity index (χ1v) is 19.0. The zero-order valence-electron chi connectivity index (χ0n) is 29.7. The molecule has 1 saturated carbocycles. The first-order chi connectivity index (χ1) is 24.3. The van der Waals surface area contributed by atoms with E-state index in [1.165, 1.54) is 19.2 Å². The predicted molar refractivity (Wildman–Crippen MR) is 191 cm³/mol. The second kappa shape index (κ2) is 15.5. The van der Waals surface area contributed by atoms with Crippen LogP contribution in [0.4, 0.5) is 19.3 Å². The number of nitrogens with zero attached hydrogens (tertiary/aromatic N) is 5. The highest BCUT2D eigenvalue weighted by Crippen LogP contribution is 2.51. The molecule has 4 heterocycles. The summed E-state index contributed by atoms with van der Waals surface area (Å²) in [5.41, 5.74) is 3.77. The molecule has 8 nitrogen and oxygen atoms in total. The molecule has 0 aromatic heterocycles. The number of amides is 1. The second-order valence-electron chi connectivity index (χ2n) is 15.7. The number of carbonyl (C=O) groups excluding carboxylic acids is 1. The van der Waals surface area contributed by atoms with Crippen molar-refractivity contribution in [3.63, 3.8) is 0 Å². The third kappa shape index (κ3) is 7.51. The third-order valence-electron chi connectivity index (χ3n) is 12.7. The average Bonchev–Trinajstić information content (AvgIpc) is 3.55. The maximum Gasteiger partial charge on any atom is 0.407 e. The number of halogens is 2. The lowest BCUT2D eigenvalue weighted by Gasteiger charge is -2.54. The van der Waals surface area contributed by atoms with Crippen molar-refractivity contribution in [2.45, 2.75) is 75.5 Å². The SMILES string of the molecule is COC(=O)N[C@H]1CCC[C@@H]1C(CN1CCC1)(c1cccc(F)c1)C1CCN(CC2CN(c3ccc(C#N)c(CN4CCC(F)CC4)c3)C2)CC1. The molecule has 5 aliphatic rings. The number of anilines is 1. The Kier molecular flexibility index (Phi) is 10.9. The Morgan fingerprint density at radius 2 is 1.70 bits per heavy atom. The lowest BCUT2D eigenvalue weighted by atomic mass is 9.57. The fourth-order valence-corrected chi connectivity index (χ4v) is 9.95. The minimum absolute atomic E-state index is 0.0103. The molecule has 4 aliphatic heterocycles. The minimum Gasteiger partial charge on any atom is -0.453 e. The third-order valence-corrected chi connectivity index (χ3v) is 12.7. The zero-order chi connectivity index (χ0) is 34.7. The molecule has 10 heteroatoms. The molecule has 0 spiro atoms. The van der Waals surface area contributed by atoms with Crippen molar-refractivity contribution in [2.24, 2.45) is 17.8 Å². The maximum atomic E-state index is 15.0. The van der Waals surface area contributed by atoms with Crippen LogP contribution in [-0.4, -0.2) is 106 Å². The number of alkyl carbamates (subject to hydrolysis) is 1. The molecule has 5 fully saturated rings. The number of alkyl halides is 1. The smallest absolute Gasteiger partial charge is 0.407 e. The van der Waals surface area contributed by atoms with E-state index < -0.39 is 6.17 Å². The van der Waals surface area contributed by atoms with Crippen LogP contribution >= 0.6 is 0 Å². The van der Waals surface area contributed by atoms with Crippen LogP contribution < -0.4 is 10.2 Å². The Balaban J connectivity index is 1.01. The lowest BCUT2D eigenvalue weighted by molar-refractivity contribution is 0.0223. The molecule has 2 aromatic rings. The van der Waals surface area contributed by atoms with Crippen LogP contribution in [0.15, 0.2) is 42.5 Å². The van der Waals surface area contributed by atoms with E-state index in [9.17, 15) is 18.8 Å².